The van der Waals surface area contributed by atoms with E-state index in [1.807, 2.05) is 24.3 Å². The van der Waals surface area contributed by atoms with Gasteiger partial charge in [0.25, 0.3) is 0 Å². The lowest BCUT2D eigenvalue weighted by atomic mass is 9.86. The summed E-state index contributed by atoms with van der Waals surface area (Å²) in [7, 11) is 2.73. The normalized spacial score (nSPS) is 30.6. The minimum atomic E-state index is -0.801. The van der Waals surface area contributed by atoms with Crippen LogP contribution in [-0.4, -0.2) is 42.9 Å². The predicted molar refractivity (Wildman–Crippen MR) is 80.6 cm³/mol. The maximum atomic E-state index is 12.4. The average Bonchev–Trinajstić information content (AvgIpc) is 3.01. The molecular weight excluding hydrogens is 352 g/mol. The highest BCUT2D eigenvalue weighted by Crippen LogP contribution is 2.43. The Labute approximate surface area is 135 Å². The Morgan fingerprint density at radius 3 is 2.36 bits per heavy atom. The van der Waals surface area contributed by atoms with Crippen LogP contribution in [0.1, 0.15) is 11.6 Å². The number of carbonyl (C=O) groups excluding carboxylic acids is 3. The minimum Gasteiger partial charge on any atom is -0.468 e. The molecule has 0 bridgehead atoms. The van der Waals surface area contributed by atoms with Gasteiger partial charge in [-0.25, -0.2) is 0 Å². The molecule has 2 fully saturated rings. The highest BCUT2D eigenvalue weighted by Gasteiger charge is 2.60. The van der Waals surface area contributed by atoms with Gasteiger partial charge in [0, 0.05) is 17.6 Å². The van der Waals surface area contributed by atoms with Crippen LogP contribution in [0.25, 0.3) is 0 Å². The third kappa shape index (κ3) is 2.16. The number of halogens is 1. The number of ether oxygens (including phenoxy) is 1. The molecule has 1 aromatic rings. The Morgan fingerprint density at radius 2 is 1.77 bits per heavy atom. The molecule has 0 aromatic heterocycles. The lowest BCUT2D eigenvalue weighted by Crippen LogP contribution is -2.42. The van der Waals surface area contributed by atoms with Gasteiger partial charge in [0.2, 0.25) is 11.8 Å². The number of nitrogens with zero attached hydrogens (tertiary/aromatic N) is 1. The van der Waals surface area contributed by atoms with Gasteiger partial charge in [0.05, 0.1) is 18.9 Å². The molecule has 22 heavy (non-hydrogen) atoms. The number of likely N-dealkylation sites (tertiary alicyclic amines) is 1. The number of esters is 1. The quantitative estimate of drug-likeness (QED) is 0.620. The highest BCUT2D eigenvalue weighted by molar-refractivity contribution is 9.10. The number of benzene rings is 1. The van der Waals surface area contributed by atoms with Crippen LogP contribution in [0.5, 0.6) is 0 Å². The van der Waals surface area contributed by atoms with Crippen LogP contribution in [0.4, 0.5) is 0 Å². The summed E-state index contributed by atoms with van der Waals surface area (Å²) in [6.07, 6.45) is 0. The van der Waals surface area contributed by atoms with Crippen LogP contribution in [0, 0.1) is 11.8 Å². The van der Waals surface area contributed by atoms with Crippen LogP contribution >= 0.6 is 15.9 Å². The minimum absolute atomic E-state index is 0.262. The molecule has 116 valence electrons. The second kappa shape index (κ2) is 5.48. The van der Waals surface area contributed by atoms with Crippen molar-refractivity contribution in [3.8, 4) is 0 Å². The molecule has 6 nitrogen and oxygen atoms in total. The van der Waals surface area contributed by atoms with Gasteiger partial charge in [-0.2, -0.15) is 0 Å². The number of carbonyl (C=O) groups is 3. The van der Waals surface area contributed by atoms with Crippen LogP contribution in [0.2, 0.25) is 0 Å². The molecule has 7 heteroatoms. The van der Waals surface area contributed by atoms with Crippen molar-refractivity contribution in [3.63, 3.8) is 0 Å². The van der Waals surface area contributed by atoms with Gasteiger partial charge >= 0.3 is 5.97 Å². The van der Waals surface area contributed by atoms with Crippen molar-refractivity contribution >= 4 is 33.7 Å². The summed E-state index contributed by atoms with van der Waals surface area (Å²) in [5.41, 5.74) is 0.862. The first-order valence-corrected chi connectivity index (χ1v) is 7.65. The fraction of sp³-hybridized carbons (Fsp3) is 0.400. The fourth-order valence-electron chi connectivity index (χ4n) is 3.28. The highest BCUT2D eigenvalue weighted by atomic mass is 79.9. The molecule has 4 atom stereocenters. The third-order valence-electron chi connectivity index (χ3n) is 4.38. The van der Waals surface area contributed by atoms with Crippen molar-refractivity contribution in [2.45, 2.75) is 12.1 Å². The maximum Gasteiger partial charge on any atom is 0.323 e. The van der Waals surface area contributed by atoms with Crippen molar-refractivity contribution < 1.29 is 19.1 Å². The number of rotatable bonds is 2. The van der Waals surface area contributed by atoms with E-state index in [1.165, 1.54) is 14.2 Å². The Hall–Kier alpha value is -1.73. The SMILES string of the molecule is COC(=O)[C@@H]1N[C@H](c2ccc(Br)cc2)[C@@H]2C(=O)N(C)C(=O)[C@@H]21. The molecule has 1 N–H and O–H groups in total. The summed E-state index contributed by atoms with van der Waals surface area (Å²) in [6.45, 7) is 0. The molecule has 2 amide bonds. The summed E-state index contributed by atoms with van der Waals surface area (Å²) in [6, 6.07) is 6.28. The molecule has 3 rings (SSSR count). The molecular formula is C15H15BrN2O4. The molecule has 2 saturated heterocycles. The fourth-order valence-corrected chi connectivity index (χ4v) is 3.54. The molecule has 0 aliphatic carbocycles. The Balaban J connectivity index is 2.01. The van der Waals surface area contributed by atoms with Gasteiger partial charge in [0.15, 0.2) is 0 Å². The van der Waals surface area contributed by atoms with Crippen LogP contribution in [0.15, 0.2) is 28.7 Å². The molecule has 2 aliphatic rings. The number of hydrogen-bond acceptors (Lipinski definition) is 5. The van der Waals surface area contributed by atoms with E-state index >= 15 is 0 Å². The maximum absolute atomic E-state index is 12.4. The van der Waals surface area contributed by atoms with E-state index in [2.05, 4.69) is 21.2 Å². The Kier molecular flexibility index (Phi) is 3.78. The number of amides is 2. The lowest BCUT2D eigenvalue weighted by molar-refractivity contribution is -0.147. The Bertz CT molecular complexity index is 645. The van der Waals surface area contributed by atoms with E-state index in [4.69, 9.17) is 4.74 Å². The van der Waals surface area contributed by atoms with Gasteiger partial charge in [-0.15, -0.1) is 0 Å². The van der Waals surface area contributed by atoms with Gasteiger partial charge < -0.3 is 4.74 Å². The number of fused-ring (bicyclic) bond motifs is 1. The van der Waals surface area contributed by atoms with Crippen LogP contribution < -0.4 is 5.32 Å². The summed E-state index contributed by atoms with van der Waals surface area (Å²) >= 11 is 3.36. The lowest BCUT2D eigenvalue weighted by Gasteiger charge is -2.19. The summed E-state index contributed by atoms with van der Waals surface area (Å²) in [4.78, 5) is 37.8. The summed E-state index contributed by atoms with van der Waals surface area (Å²) < 4.78 is 5.69. The van der Waals surface area contributed by atoms with Gasteiger partial charge in [-0.3, -0.25) is 24.6 Å². The van der Waals surface area contributed by atoms with E-state index in [9.17, 15) is 14.4 Å². The van der Waals surface area contributed by atoms with Crippen molar-refractivity contribution in [1.29, 1.82) is 0 Å². The number of nitrogens with one attached hydrogen (secondary N) is 1. The van der Waals surface area contributed by atoms with E-state index in [-0.39, 0.29) is 17.9 Å². The van der Waals surface area contributed by atoms with E-state index in [1.54, 1.807) is 0 Å². The molecule has 0 unspecified atom stereocenters. The van der Waals surface area contributed by atoms with Gasteiger partial charge in [-0.1, -0.05) is 28.1 Å². The topological polar surface area (TPSA) is 75.7 Å². The van der Waals surface area contributed by atoms with Crippen molar-refractivity contribution in [2.75, 3.05) is 14.2 Å². The number of hydrogen-bond donors (Lipinski definition) is 1. The summed E-state index contributed by atoms with van der Waals surface area (Å²) in [5.74, 6) is -2.41. The average molecular weight is 367 g/mol. The van der Waals surface area contributed by atoms with E-state index < -0.39 is 23.8 Å². The number of methoxy groups -OCH3 is 1. The molecule has 0 saturated carbocycles. The van der Waals surface area contributed by atoms with Crippen LogP contribution in [-0.2, 0) is 19.1 Å². The first-order chi connectivity index (χ1) is 10.5. The zero-order valence-corrected chi connectivity index (χ0v) is 13.7. The second-order valence-corrected chi connectivity index (χ2v) is 6.40. The van der Waals surface area contributed by atoms with Crippen molar-refractivity contribution in [3.05, 3.63) is 34.3 Å². The number of imide groups is 1. The first kappa shape index (κ1) is 15.2. The molecule has 0 radical (unpaired) electrons. The van der Waals surface area contributed by atoms with Gasteiger partial charge in [0.1, 0.15) is 6.04 Å². The largest absolute Gasteiger partial charge is 0.468 e. The third-order valence-corrected chi connectivity index (χ3v) is 4.91. The smallest absolute Gasteiger partial charge is 0.323 e. The second-order valence-electron chi connectivity index (χ2n) is 5.48. The van der Waals surface area contributed by atoms with Crippen molar-refractivity contribution in [2.24, 2.45) is 11.8 Å². The van der Waals surface area contributed by atoms with E-state index in [0.29, 0.717) is 0 Å². The molecule has 2 aliphatic heterocycles. The standard InChI is InChI=1S/C15H15BrN2O4/c1-18-13(19)9-10(14(18)20)12(15(21)22-2)17-11(9)7-3-5-8(16)6-4-7/h3-6,9-12,17H,1-2H3/t9-,10+,11-,12-/m1/s1. The zero-order valence-electron chi connectivity index (χ0n) is 12.1. The Morgan fingerprint density at radius 1 is 1.18 bits per heavy atom. The molecule has 2 heterocycles. The van der Waals surface area contributed by atoms with E-state index in [0.717, 1.165) is 14.9 Å². The van der Waals surface area contributed by atoms with Crippen LogP contribution in [0.3, 0.4) is 0 Å². The first-order valence-electron chi connectivity index (χ1n) is 6.86. The molecule has 1 aromatic carbocycles. The van der Waals surface area contributed by atoms with Crippen molar-refractivity contribution in [1.82, 2.24) is 10.2 Å². The molecule has 0 spiro atoms. The summed E-state index contributed by atoms with van der Waals surface area (Å²) in [5, 5.41) is 3.10. The zero-order chi connectivity index (χ0) is 16.0. The monoisotopic (exact) mass is 366 g/mol. The van der Waals surface area contributed by atoms with Gasteiger partial charge in [-0.05, 0) is 17.7 Å². The predicted octanol–water partition coefficient (Wildman–Crippen LogP) is 0.866.